The van der Waals surface area contributed by atoms with Crippen molar-refractivity contribution in [1.82, 2.24) is 15.5 Å². The van der Waals surface area contributed by atoms with E-state index < -0.39 is 5.91 Å². The number of amides is 1. The van der Waals surface area contributed by atoms with Crippen molar-refractivity contribution in [1.29, 1.82) is 0 Å². The molecule has 1 aliphatic rings. The van der Waals surface area contributed by atoms with E-state index in [1.54, 1.807) is 30.5 Å². The van der Waals surface area contributed by atoms with E-state index in [-0.39, 0.29) is 30.0 Å². The molecule has 0 radical (unpaired) electrons. The summed E-state index contributed by atoms with van der Waals surface area (Å²) in [4.78, 5) is 19.3. The number of carbonyl (C=O) groups is 1. The zero-order valence-corrected chi connectivity index (χ0v) is 19.6. The van der Waals surface area contributed by atoms with Crippen LogP contribution in [0.25, 0.3) is 0 Å². The first-order valence-electron chi connectivity index (χ1n) is 9.36. The third kappa shape index (κ3) is 6.95. The standard InChI is InChI=1S/C20H27N5O2S.HI/c1-22-20(23-13-15-4-6-16(7-5-15)19(21)26)24-14-17(18-3-2-12-28-18)25-8-10-27-11-9-25;/h2-7,12,17H,8-11,13-14H2,1H3,(H2,21,26)(H2,22,23,24);1H. The number of primary amides is 1. The zero-order chi connectivity index (χ0) is 19.8. The van der Waals surface area contributed by atoms with Crippen LogP contribution < -0.4 is 16.4 Å². The molecule has 1 aromatic carbocycles. The van der Waals surface area contributed by atoms with E-state index in [9.17, 15) is 4.79 Å². The average Bonchev–Trinajstić information content (AvgIpc) is 3.26. The molecular weight excluding hydrogens is 501 g/mol. The van der Waals surface area contributed by atoms with Gasteiger partial charge in [0.1, 0.15) is 0 Å². The molecule has 0 saturated carbocycles. The number of nitrogens with two attached hydrogens (primary N) is 1. The largest absolute Gasteiger partial charge is 0.379 e. The Bertz CT molecular complexity index is 777. The molecule has 9 heteroatoms. The lowest BCUT2D eigenvalue weighted by atomic mass is 10.1. The van der Waals surface area contributed by atoms with Gasteiger partial charge in [-0.1, -0.05) is 18.2 Å². The van der Waals surface area contributed by atoms with E-state index in [2.05, 4.69) is 38.0 Å². The summed E-state index contributed by atoms with van der Waals surface area (Å²) in [6, 6.07) is 11.8. The molecule has 3 rings (SSSR count). The SMILES string of the molecule is CN=C(NCc1ccc(C(N)=O)cc1)NCC(c1cccs1)N1CCOCC1.I. The van der Waals surface area contributed by atoms with Gasteiger partial charge in [0, 0.05) is 43.7 Å². The average molecular weight is 529 g/mol. The summed E-state index contributed by atoms with van der Waals surface area (Å²) >= 11 is 1.78. The van der Waals surface area contributed by atoms with Gasteiger partial charge < -0.3 is 21.1 Å². The van der Waals surface area contributed by atoms with Crippen LogP contribution in [0.5, 0.6) is 0 Å². The summed E-state index contributed by atoms with van der Waals surface area (Å²) in [6.07, 6.45) is 0. The lowest BCUT2D eigenvalue weighted by Gasteiger charge is -2.34. The molecule has 7 nitrogen and oxygen atoms in total. The number of benzene rings is 1. The Labute approximate surface area is 192 Å². The summed E-state index contributed by atoms with van der Waals surface area (Å²) in [5.74, 6) is 0.327. The van der Waals surface area contributed by atoms with Crippen LogP contribution in [0, 0.1) is 0 Å². The number of rotatable bonds is 7. The molecule has 1 saturated heterocycles. The highest BCUT2D eigenvalue weighted by atomic mass is 127. The second kappa shape index (κ2) is 12.1. The number of thiophene rings is 1. The van der Waals surface area contributed by atoms with Crippen LogP contribution in [0.1, 0.15) is 26.8 Å². The van der Waals surface area contributed by atoms with Crippen molar-refractivity contribution in [2.24, 2.45) is 10.7 Å². The molecule has 0 aliphatic carbocycles. The molecule has 0 spiro atoms. The number of aliphatic imine (C=N–C) groups is 1. The highest BCUT2D eigenvalue weighted by molar-refractivity contribution is 14.0. The van der Waals surface area contributed by atoms with Crippen molar-refractivity contribution >= 4 is 47.2 Å². The number of hydrogen-bond acceptors (Lipinski definition) is 5. The molecular formula is C20H28IN5O2S. The van der Waals surface area contributed by atoms with Gasteiger partial charge in [0.05, 0.1) is 19.3 Å². The van der Waals surface area contributed by atoms with Crippen LogP contribution in [0.2, 0.25) is 0 Å². The first kappa shape index (κ1) is 23.6. The van der Waals surface area contributed by atoms with Gasteiger partial charge >= 0.3 is 0 Å². The summed E-state index contributed by atoms with van der Waals surface area (Å²) < 4.78 is 5.50. The Morgan fingerprint density at radius 3 is 2.55 bits per heavy atom. The topological polar surface area (TPSA) is 92.0 Å². The Kier molecular flexibility index (Phi) is 9.85. The molecule has 1 unspecified atom stereocenters. The number of carbonyl (C=O) groups excluding carboxylic acids is 1. The van der Waals surface area contributed by atoms with Gasteiger partial charge in [-0.05, 0) is 29.1 Å². The molecule has 29 heavy (non-hydrogen) atoms. The third-order valence-electron chi connectivity index (χ3n) is 4.74. The minimum absolute atomic E-state index is 0. The highest BCUT2D eigenvalue weighted by Gasteiger charge is 2.23. The first-order chi connectivity index (χ1) is 13.7. The van der Waals surface area contributed by atoms with Crippen molar-refractivity contribution in [2.45, 2.75) is 12.6 Å². The van der Waals surface area contributed by atoms with Crippen LogP contribution >= 0.6 is 35.3 Å². The highest BCUT2D eigenvalue weighted by Crippen LogP contribution is 2.25. The molecule has 1 atom stereocenters. The number of halogens is 1. The predicted octanol–water partition coefficient (Wildman–Crippen LogP) is 2.20. The molecule has 1 aliphatic heterocycles. The van der Waals surface area contributed by atoms with Crippen LogP contribution in [0.3, 0.4) is 0 Å². The summed E-state index contributed by atoms with van der Waals surface area (Å²) in [5.41, 5.74) is 6.84. The van der Waals surface area contributed by atoms with Crippen LogP contribution in [0.15, 0.2) is 46.8 Å². The molecule has 2 aromatic rings. The van der Waals surface area contributed by atoms with Crippen molar-refractivity contribution in [3.8, 4) is 0 Å². The number of nitrogens with zero attached hydrogens (tertiary/aromatic N) is 2. The molecule has 158 valence electrons. The van der Waals surface area contributed by atoms with Gasteiger partial charge in [0.25, 0.3) is 0 Å². The van der Waals surface area contributed by atoms with Gasteiger partial charge in [0.15, 0.2) is 5.96 Å². The maximum absolute atomic E-state index is 11.2. The van der Waals surface area contributed by atoms with Crippen molar-refractivity contribution < 1.29 is 9.53 Å². The van der Waals surface area contributed by atoms with Gasteiger partial charge in [-0.15, -0.1) is 35.3 Å². The van der Waals surface area contributed by atoms with Crippen LogP contribution in [-0.4, -0.2) is 56.7 Å². The minimum Gasteiger partial charge on any atom is -0.379 e. The quantitative estimate of drug-likeness (QED) is 0.291. The number of morpholine rings is 1. The van der Waals surface area contributed by atoms with Gasteiger partial charge in [-0.3, -0.25) is 14.7 Å². The normalized spacial score (nSPS) is 16.0. The lowest BCUT2D eigenvalue weighted by molar-refractivity contribution is 0.0177. The molecule has 1 aromatic heterocycles. The fourth-order valence-electron chi connectivity index (χ4n) is 3.17. The lowest BCUT2D eigenvalue weighted by Crippen LogP contribution is -2.46. The van der Waals surface area contributed by atoms with E-state index in [1.165, 1.54) is 4.88 Å². The summed E-state index contributed by atoms with van der Waals surface area (Å²) in [5, 5.41) is 8.88. The summed E-state index contributed by atoms with van der Waals surface area (Å²) in [6.45, 7) is 4.79. The number of hydrogen-bond donors (Lipinski definition) is 3. The molecule has 4 N–H and O–H groups in total. The fraction of sp³-hybridized carbons (Fsp3) is 0.400. The fourth-order valence-corrected chi connectivity index (χ4v) is 4.03. The Hall–Kier alpha value is -1.69. The number of guanidine groups is 1. The van der Waals surface area contributed by atoms with Crippen LogP contribution in [0.4, 0.5) is 0 Å². The summed E-state index contributed by atoms with van der Waals surface area (Å²) in [7, 11) is 1.76. The maximum Gasteiger partial charge on any atom is 0.248 e. The van der Waals surface area contributed by atoms with Crippen LogP contribution in [-0.2, 0) is 11.3 Å². The van der Waals surface area contributed by atoms with E-state index in [1.807, 2.05) is 12.1 Å². The minimum atomic E-state index is -0.417. The second-order valence-electron chi connectivity index (χ2n) is 6.55. The van der Waals surface area contributed by atoms with E-state index in [0.29, 0.717) is 12.1 Å². The second-order valence-corrected chi connectivity index (χ2v) is 7.53. The zero-order valence-electron chi connectivity index (χ0n) is 16.5. The monoisotopic (exact) mass is 529 g/mol. The van der Waals surface area contributed by atoms with Crippen molar-refractivity contribution in [2.75, 3.05) is 39.9 Å². The maximum atomic E-state index is 11.2. The Morgan fingerprint density at radius 2 is 1.97 bits per heavy atom. The molecule has 1 amide bonds. The molecule has 2 heterocycles. The van der Waals surface area contributed by atoms with Crippen molar-refractivity contribution in [3.63, 3.8) is 0 Å². The smallest absolute Gasteiger partial charge is 0.248 e. The molecule has 1 fully saturated rings. The first-order valence-corrected chi connectivity index (χ1v) is 10.2. The number of ether oxygens (including phenoxy) is 1. The van der Waals surface area contributed by atoms with E-state index in [4.69, 9.17) is 10.5 Å². The molecule has 0 bridgehead atoms. The van der Waals surface area contributed by atoms with E-state index in [0.717, 1.165) is 44.4 Å². The predicted molar refractivity (Wildman–Crippen MR) is 128 cm³/mol. The number of nitrogens with one attached hydrogen (secondary N) is 2. The third-order valence-corrected chi connectivity index (χ3v) is 5.72. The van der Waals surface area contributed by atoms with Crippen molar-refractivity contribution in [3.05, 3.63) is 57.8 Å². The van der Waals surface area contributed by atoms with Gasteiger partial charge in [-0.25, -0.2) is 0 Å². The van der Waals surface area contributed by atoms with Gasteiger partial charge in [-0.2, -0.15) is 0 Å². The Balaban J connectivity index is 0.00000300. The Morgan fingerprint density at radius 1 is 1.24 bits per heavy atom. The van der Waals surface area contributed by atoms with E-state index >= 15 is 0 Å². The van der Waals surface area contributed by atoms with Gasteiger partial charge in [0.2, 0.25) is 5.91 Å².